The molecule has 0 bridgehead atoms. The number of ether oxygens (including phenoxy) is 2. The van der Waals surface area contributed by atoms with Crippen LogP contribution in [0.15, 0.2) is 60.9 Å². The van der Waals surface area contributed by atoms with Gasteiger partial charge in [0.1, 0.15) is 11.4 Å². The summed E-state index contributed by atoms with van der Waals surface area (Å²) >= 11 is 0. The second-order valence-electron chi connectivity index (χ2n) is 8.42. The van der Waals surface area contributed by atoms with E-state index < -0.39 is 5.60 Å². The van der Waals surface area contributed by atoms with Crippen molar-refractivity contribution < 1.29 is 14.3 Å². The summed E-state index contributed by atoms with van der Waals surface area (Å²) in [6.07, 6.45) is 4.61. The predicted octanol–water partition coefficient (Wildman–Crippen LogP) is 5.25. The van der Waals surface area contributed by atoms with Crippen molar-refractivity contribution in [1.82, 2.24) is 4.57 Å². The molecule has 6 nitrogen and oxygen atoms in total. The van der Waals surface area contributed by atoms with Gasteiger partial charge in [-0.05, 0) is 68.1 Å². The molecule has 0 fully saturated rings. The van der Waals surface area contributed by atoms with Gasteiger partial charge in [0.15, 0.2) is 0 Å². The molecule has 1 heterocycles. The first kappa shape index (κ1) is 23.6. The number of rotatable bonds is 9. The summed E-state index contributed by atoms with van der Waals surface area (Å²) in [5, 5.41) is 18.0. The van der Waals surface area contributed by atoms with Gasteiger partial charge in [0.05, 0.1) is 36.3 Å². The molecule has 0 spiro atoms. The van der Waals surface area contributed by atoms with E-state index in [2.05, 4.69) is 12.1 Å². The van der Waals surface area contributed by atoms with Gasteiger partial charge >= 0.3 is 5.97 Å². The monoisotopic (exact) mass is 441 g/mol. The lowest BCUT2D eigenvalue weighted by atomic mass is 10.0. The van der Waals surface area contributed by atoms with Gasteiger partial charge in [0.25, 0.3) is 0 Å². The van der Waals surface area contributed by atoms with E-state index in [1.165, 1.54) is 0 Å². The molecule has 2 aromatic carbocycles. The molecule has 0 saturated heterocycles. The first-order chi connectivity index (χ1) is 15.8. The first-order valence-electron chi connectivity index (χ1n) is 10.8. The highest BCUT2D eigenvalue weighted by Gasteiger charge is 2.20. The van der Waals surface area contributed by atoms with E-state index >= 15 is 0 Å². The summed E-state index contributed by atoms with van der Waals surface area (Å²) < 4.78 is 13.2. The van der Waals surface area contributed by atoms with Crippen LogP contribution in [0, 0.1) is 22.7 Å². The summed E-state index contributed by atoms with van der Waals surface area (Å²) in [4.78, 5) is 12.6. The Labute approximate surface area is 194 Å². The van der Waals surface area contributed by atoms with Crippen LogP contribution < -0.4 is 4.74 Å². The van der Waals surface area contributed by atoms with Crippen molar-refractivity contribution in [2.75, 3.05) is 6.61 Å². The van der Waals surface area contributed by atoms with Crippen molar-refractivity contribution in [3.63, 3.8) is 0 Å². The van der Waals surface area contributed by atoms with E-state index in [9.17, 15) is 4.79 Å². The molecule has 0 aliphatic carbocycles. The van der Waals surface area contributed by atoms with Crippen LogP contribution in [0.1, 0.15) is 59.8 Å². The highest BCUT2D eigenvalue weighted by Crippen LogP contribution is 2.23. The van der Waals surface area contributed by atoms with Gasteiger partial charge < -0.3 is 14.0 Å². The molecule has 0 radical (unpaired) electrons. The molecule has 0 aliphatic rings. The molecule has 0 N–H and O–H groups in total. The molecule has 0 atom stereocenters. The smallest absolute Gasteiger partial charge is 0.339 e. The second-order valence-corrected chi connectivity index (χ2v) is 8.42. The third kappa shape index (κ3) is 6.48. The van der Waals surface area contributed by atoms with Crippen molar-refractivity contribution in [1.29, 1.82) is 10.5 Å². The SMILES string of the molecule is CCOC(=O)c1cn(Cc2cccc(OC(C)(C)CC#N)c2)cc1Cc1ccc(C#N)cc1. The Morgan fingerprint density at radius 1 is 1.06 bits per heavy atom. The summed E-state index contributed by atoms with van der Waals surface area (Å²) in [5.41, 5.74) is 3.43. The number of hydrogen-bond donors (Lipinski definition) is 0. The number of esters is 1. The molecular weight excluding hydrogens is 414 g/mol. The van der Waals surface area contributed by atoms with Gasteiger partial charge in [-0.25, -0.2) is 4.79 Å². The third-order valence-electron chi connectivity index (χ3n) is 5.10. The molecule has 0 unspecified atom stereocenters. The highest BCUT2D eigenvalue weighted by atomic mass is 16.5. The maximum absolute atomic E-state index is 12.6. The van der Waals surface area contributed by atoms with Crippen LogP contribution in [-0.2, 0) is 17.7 Å². The minimum Gasteiger partial charge on any atom is -0.487 e. The Bertz CT molecular complexity index is 1190. The minimum absolute atomic E-state index is 0.288. The van der Waals surface area contributed by atoms with Crippen LogP contribution in [0.5, 0.6) is 5.75 Å². The van der Waals surface area contributed by atoms with Crippen LogP contribution in [-0.4, -0.2) is 22.7 Å². The maximum atomic E-state index is 12.6. The summed E-state index contributed by atoms with van der Waals surface area (Å²) in [6.45, 7) is 6.41. The summed E-state index contributed by atoms with van der Waals surface area (Å²) in [7, 11) is 0. The lowest BCUT2D eigenvalue weighted by Gasteiger charge is -2.23. The first-order valence-corrected chi connectivity index (χ1v) is 10.8. The van der Waals surface area contributed by atoms with Gasteiger partial charge in [-0.3, -0.25) is 0 Å². The average molecular weight is 442 g/mol. The fourth-order valence-electron chi connectivity index (χ4n) is 3.56. The zero-order chi connectivity index (χ0) is 23.8. The maximum Gasteiger partial charge on any atom is 0.339 e. The van der Waals surface area contributed by atoms with E-state index in [0.717, 1.165) is 16.7 Å². The zero-order valence-electron chi connectivity index (χ0n) is 19.2. The standard InChI is InChI=1S/C27H27N3O3/c1-4-32-26(31)25-19-30(18-23(25)14-20-8-10-21(16-29)11-9-20)17-22-6-5-7-24(15-22)33-27(2,3)12-13-28/h5-11,15,18-19H,4,12,14,17H2,1-3H3. The van der Waals surface area contributed by atoms with Crippen LogP contribution in [0.3, 0.4) is 0 Å². The van der Waals surface area contributed by atoms with Gasteiger partial charge in [-0.1, -0.05) is 24.3 Å². The number of hydrogen-bond acceptors (Lipinski definition) is 5. The Balaban J connectivity index is 1.84. The highest BCUT2D eigenvalue weighted by molar-refractivity contribution is 5.91. The van der Waals surface area contributed by atoms with Crippen molar-refractivity contribution in [3.05, 3.63) is 88.7 Å². The molecular formula is C27H27N3O3. The molecule has 33 heavy (non-hydrogen) atoms. The van der Waals surface area contributed by atoms with Crippen LogP contribution in [0.2, 0.25) is 0 Å². The number of carbonyl (C=O) groups excluding carboxylic acids is 1. The quantitative estimate of drug-likeness (QED) is 0.423. The molecule has 6 heteroatoms. The van der Waals surface area contributed by atoms with Gasteiger partial charge in [-0.15, -0.1) is 0 Å². The third-order valence-corrected chi connectivity index (χ3v) is 5.10. The van der Waals surface area contributed by atoms with Crippen molar-refractivity contribution in [2.24, 2.45) is 0 Å². The van der Waals surface area contributed by atoms with E-state index in [-0.39, 0.29) is 12.4 Å². The van der Waals surface area contributed by atoms with Gasteiger partial charge in [-0.2, -0.15) is 10.5 Å². The Kier molecular flexibility index (Phi) is 7.53. The number of nitrogens with zero attached hydrogens (tertiary/aromatic N) is 3. The van der Waals surface area contributed by atoms with Gasteiger partial charge in [0.2, 0.25) is 0 Å². The fraction of sp³-hybridized carbons (Fsp3) is 0.296. The average Bonchev–Trinajstić information content (AvgIpc) is 3.16. The van der Waals surface area contributed by atoms with Crippen LogP contribution in [0.25, 0.3) is 0 Å². The molecule has 1 aromatic heterocycles. The number of benzene rings is 2. The van der Waals surface area contributed by atoms with Crippen molar-refractivity contribution >= 4 is 5.97 Å². The van der Waals surface area contributed by atoms with Gasteiger partial charge in [0, 0.05) is 18.9 Å². The summed E-state index contributed by atoms with van der Waals surface area (Å²) in [5.74, 6) is 0.346. The molecule has 0 saturated carbocycles. The van der Waals surface area contributed by atoms with Crippen molar-refractivity contribution in [3.8, 4) is 17.9 Å². The number of nitriles is 2. The normalized spacial score (nSPS) is 10.8. The predicted molar refractivity (Wildman–Crippen MR) is 125 cm³/mol. The Hall–Kier alpha value is -4.03. The van der Waals surface area contributed by atoms with Crippen LogP contribution in [0.4, 0.5) is 0 Å². The van der Waals surface area contributed by atoms with Crippen LogP contribution >= 0.6 is 0 Å². The molecule has 0 aliphatic heterocycles. The molecule has 0 amide bonds. The zero-order valence-corrected chi connectivity index (χ0v) is 19.2. The van der Waals surface area contributed by atoms with E-state index in [4.69, 9.17) is 20.0 Å². The largest absolute Gasteiger partial charge is 0.487 e. The fourth-order valence-corrected chi connectivity index (χ4v) is 3.56. The topological polar surface area (TPSA) is 88.0 Å². The van der Waals surface area contributed by atoms with Crippen molar-refractivity contribution in [2.45, 2.75) is 45.8 Å². The lowest BCUT2D eigenvalue weighted by Crippen LogP contribution is -2.27. The Morgan fingerprint density at radius 3 is 2.48 bits per heavy atom. The molecule has 3 rings (SSSR count). The summed E-state index contributed by atoms with van der Waals surface area (Å²) in [6, 6.07) is 19.3. The van der Waals surface area contributed by atoms with E-state index in [1.54, 1.807) is 19.1 Å². The molecule has 3 aromatic rings. The second kappa shape index (κ2) is 10.5. The lowest BCUT2D eigenvalue weighted by molar-refractivity contribution is 0.0525. The van der Waals surface area contributed by atoms with E-state index in [1.807, 2.05) is 67.2 Å². The Morgan fingerprint density at radius 2 is 1.82 bits per heavy atom. The minimum atomic E-state index is -0.577. The number of carbonyl (C=O) groups is 1. The van der Waals surface area contributed by atoms with E-state index in [0.29, 0.717) is 36.4 Å². The number of aromatic nitrogens is 1. The molecule has 168 valence electrons.